The van der Waals surface area contributed by atoms with Crippen LogP contribution >= 0.6 is 11.6 Å². The number of hydrogen-bond donors (Lipinski definition) is 0. The zero-order valence-corrected chi connectivity index (χ0v) is 19.5. The SMILES string of the molecule is Cc1cccc(-c2cc3nnnn3c3ccc(C(=O)c4cncn4Cc4ccc(Cl)cc4)cc23)c1. The van der Waals surface area contributed by atoms with Crippen LogP contribution in [0.15, 0.2) is 85.3 Å². The number of hydrogen-bond acceptors (Lipinski definition) is 5. The van der Waals surface area contributed by atoms with Gasteiger partial charge in [-0.25, -0.2) is 4.98 Å². The van der Waals surface area contributed by atoms with E-state index >= 15 is 0 Å². The molecule has 6 aromatic rings. The van der Waals surface area contributed by atoms with E-state index in [0.717, 1.165) is 33.2 Å². The van der Waals surface area contributed by atoms with Gasteiger partial charge in [0, 0.05) is 22.5 Å². The Kier molecular flexibility index (Phi) is 5.12. The van der Waals surface area contributed by atoms with Gasteiger partial charge in [-0.15, -0.1) is 5.10 Å². The largest absolute Gasteiger partial charge is 0.323 e. The molecule has 170 valence electrons. The van der Waals surface area contributed by atoms with Crippen molar-refractivity contribution in [2.45, 2.75) is 13.5 Å². The number of aryl methyl sites for hydroxylation is 1. The van der Waals surface area contributed by atoms with E-state index in [9.17, 15) is 4.79 Å². The van der Waals surface area contributed by atoms with Crippen LogP contribution in [-0.4, -0.2) is 35.4 Å². The van der Waals surface area contributed by atoms with Crippen LogP contribution in [0, 0.1) is 6.92 Å². The van der Waals surface area contributed by atoms with Gasteiger partial charge in [-0.1, -0.05) is 53.6 Å². The molecule has 0 atom stereocenters. The molecule has 3 aromatic carbocycles. The third-order valence-corrected chi connectivity index (χ3v) is 6.34. The van der Waals surface area contributed by atoms with E-state index in [1.54, 1.807) is 17.0 Å². The van der Waals surface area contributed by atoms with Crippen molar-refractivity contribution in [3.05, 3.63) is 113 Å². The van der Waals surface area contributed by atoms with Crippen LogP contribution in [0.4, 0.5) is 0 Å². The fourth-order valence-corrected chi connectivity index (χ4v) is 4.49. The first-order valence-corrected chi connectivity index (χ1v) is 11.5. The molecule has 0 aliphatic heterocycles. The van der Waals surface area contributed by atoms with Gasteiger partial charge in [-0.05, 0) is 70.4 Å². The maximum Gasteiger partial charge on any atom is 0.211 e. The van der Waals surface area contributed by atoms with Gasteiger partial charge in [-0.2, -0.15) is 4.52 Å². The van der Waals surface area contributed by atoms with Crippen LogP contribution in [-0.2, 0) is 6.54 Å². The Hall–Kier alpha value is -4.36. The molecule has 0 amide bonds. The predicted molar refractivity (Wildman–Crippen MR) is 135 cm³/mol. The minimum absolute atomic E-state index is 0.106. The van der Waals surface area contributed by atoms with E-state index in [4.69, 9.17) is 11.6 Å². The lowest BCUT2D eigenvalue weighted by atomic mass is 9.97. The fourth-order valence-electron chi connectivity index (χ4n) is 4.36. The lowest BCUT2D eigenvalue weighted by Crippen LogP contribution is -2.11. The summed E-state index contributed by atoms with van der Waals surface area (Å²) in [5.74, 6) is -0.106. The van der Waals surface area contributed by atoms with Crippen molar-refractivity contribution >= 4 is 33.9 Å². The molecular formula is C27H19ClN6O. The average molecular weight is 479 g/mol. The summed E-state index contributed by atoms with van der Waals surface area (Å²) in [4.78, 5) is 17.8. The van der Waals surface area contributed by atoms with Gasteiger partial charge in [-0.3, -0.25) is 4.79 Å². The lowest BCUT2D eigenvalue weighted by Gasteiger charge is -2.12. The molecule has 3 aromatic heterocycles. The van der Waals surface area contributed by atoms with E-state index in [2.05, 4.69) is 45.6 Å². The number of halogens is 1. The minimum atomic E-state index is -0.106. The molecule has 0 aliphatic rings. The number of imidazole rings is 1. The summed E-state index contributed by atoms with van der Waals surface area (Å²) in [6.07, 6.45) is 3.28. The van der Waals surface area contributed by atoms with Crippen molar-refractivity contribution in [3.8, 4) is 11.1 Å². The van der Waals surface area contributed by atoms with Crippen molar-refractivity contribution in [3.63, 3.8) is 0 Å². The molecule has 0 unspecified atom stereocenters. The summed E-state index contributed by atoms with van der Waals surface area (Å²) in [6.45, 7) is 2.57. The Morgan fingerprint density at radius 2 is 1.86 bits per heavy atom. The van der Waals surface area contributed by atoms with Gasteiger partial charge in [0.25, 0.3) is 0 Å². The summed E-state index contributed by atoms with van der Waals surface area (Å²) >= 11 is 6.01. The number of benzene rings is 3. The zero-order chi connectivity index (χ0) is 23.9. The molecule has 6 rings (SSSR count). The monoisotopic (exact) mass is 478 g/mol. The Morgan fingerprint density at radius 3 is 2.69 bits per heavy atom. The van der Waals surface area contributed by atoms with Crippen LogP contribution < -0.4 is 0 Å². The van der Waals surface area contributed by atoms with Gasteiger partial charge in [0.1, 0.15) is 5.69 Å². The van der Waals surface area contributed by atoms with Gasteiger partial charge < -0.3 is 4.57 Å². The number of rotatable bonds is 5. The summed E-state index contributed by atoms with van der Waals surface area (Å²) < 4.78 is 3.54. The third kappa shape index (κ3) is 3.86. The Morgan fingerprint density at radius 1 is 1.00 bits per heavy atom. The number of carbonyl (C=O) groups is 1. The molecule has 0 fully saturated rings. The van der Waals surface area contributed by atoms with Crippen molar-refractivity contribution in [1.82, 2.24) is 29.6 Å². The van der Waals surface area contributed by atoms with E-state index in [1.807, 2.05) is 59.2 Å². The number of pyridine rings is 1. The van der Waals surface area contributed by atoms with E-state index in [-0.39, 0.29) is 5.78 Å². The first kappa shape index (κ1) is 21.2. The highest BCUT2D eigenvalue weighted by molar-refractivity contribution is 6.30. The van der Waals surface area contributed by atoms with Gasteiger partial charge >= 0.3 is 0 Å². The molecule has 0 radical (unpaired) electrons. The first-order valence-electron chi connectivity index (χ1n) is 11.1. The Bertz CT molecular complexity index is 1720. The molecule has 0 N–H and O–H groups in total. The molecule has 0 saturated carbocycles. The van der Waals surface area contributed by atoms with Gasteiger partial charge in [0.2, 0.25) is 5.78 Å². The number of ketones is 1. The third-order valence-electron chi connectivity index (χ3n) is 6.08. The molecule has 3 heterocycles. The molecule has 0 bridgehead atoms. The minimum Gasteiger partial charge on any atom is -0.323 e. The summed E-state index contributed by atoms with van der Waals surface area (Å²) in [7, 11) is 0. The van der Waals surface area contributed by atoms with Crippen LogP contribution in [0.2, 0.25) is 5.02 Å². The number of aromatic nitrogens is 6. The quantitative estimate of drug-likeness (QED) is 0.311. The first-order chi connectivity index (χ1) is 17.1. The van der Waals surface area contributed by atoms with Crippen LogP contribution in [0.5, 0.6) is 0 Å². The van der Waals surface area contributed by atoms with E-state index in [1.165, 1.54) is 0 Å². The maximum atomic E-state index is 13.6. The lowest BCUT2D eigenvalue weighted by molar-refractivity contribution is 0.103. The van der Waals surface area contributed by atoms with Crippen molar-refractivity contribution in [2.75, 3.05) is 0 Å². The summed E-state index contributed by atoms with van der Waals surface area (Å²) in [5.41, 5.74) is 6.74. The van der Waals surface area contributed by atoms with Gasteiger partial charge in [0.05, 0.1) is 18.0 Å². The van der Waals surface area contributed by atoms with Crippen molar-refractivity contribution in [2.24, 2.45) is 0 Å². The summed E-state index contributed by atoms with van der Waals surface area (Å²) in [6, 6.07) is 23.4. The zero-order valence-electron chi connectivity index (χ0n) is 18.8. The second-order valence-electron chi connectivity index (χ2n) is 8.47. The second-order valence-corrected chi connectivity index (χ2v) is 8.91. The maximum absolute atomic E-state index is 13.6. The van der Waals surface area contributed by atoms with Gasteiger partial charge in [0.15, 0.2) is 5.65 Å². The molecule has 7 nitrogen and oxygen atoms in total. The highest BCUT2D eigenvalue weighted by Crippen LogP contribution is 2.31. The van der Waals surface area contributed by atoms with Crippen molar-refractivity contribution in [1.29, 1.82) is 0 Å². The Balaban J connectivity index is 1.46. The molecule has 35 heavy (non-hydrogen) atoms. The van der Waals surface area contributed by atoms with Crippen LogP contribution in [0.1, 0.15) is 27.2 Å². The average Bonchev–Trinajstić information content (AvgIpc) is 3.54. The Labute approximate surface area is 205 Å². The van der Waals surface area contributed by atoms with E-state index in [0.29, 0.717) is 28.5 Å². The molecule has 0 spiro atoms. The van der Waals surface area contributed by atoms with Crippen molar-refractivity contribution < 1.29 is 4.79 Å². The molecule has 8 heteroatoms. The predicted octanol–water partition coefficient (Wildman–Crippen LogP) is 5.38. The number of carbonyl (C=O) groups excluding carboxylic acids is 1. The molecule has 0 saturated heterocycles. The smallest absolute Gasteiger partial charge is 0.211 e. The second kappa shape index (κ2) is 8.45. The van der Waals surface area contributed by atoms with Crippen LogP contribution in [0.25, 0.3) is 27.7 Å². The molecule has 0 aliphatic carbocycles. The highest BCUT2D eigenvalue weighted by Gasteiger charge is 2.18. The fraction of sp³-hybridized carbons (Fsp3) is 0.0741. The normalized spacial score (nSPS) is 11.4. The summed E-state index contributed by atoms with van der Waals surface area (Å²) in [5, 5.41) is 13.7. The standard InChI is InChI=1S/C27H19ClN6O/c1-17-3-2-4-19(11-17)22-13-26-30-31-32-34(26)24-10-7-20(12-23(22)24)27(35)25-14-29-16-33(25)15-18-5-8-21(28)9-6-18/h2-14,16H,15H2,1H3. The number of tetrazole rings is 1. The molecular weight excluding hydrogens is 460 g/mol. The van der Waals surface area contributed by atoms with E-state index < -0.39 is 0 Å². The topological polar surface area (TPSA) is 78.0 Å². The number of nitrogens with zero attached hydrogens (tertiary/aromatic N) is 6. The highest BCUT2D eigenvalue weighted by atomic mass is 35.5. The number of fused-ring (bicyclic) bond motifs is 3. The van der Waals surface area contributed by atoms with Crippen LogP contribution in [0.3, 0.4) is 0 Å².